The molecular formula is C13H21ClN4. The molecule has 0 aromatic carbocycles. The van der Waals surface area contributed by atoms with Crippen LogP contribution in [-0.2, 0) is 18.0 Å². The van der Waals surface area contributed by atoms with Crippen LogP contribution < -0.4 is 0 Å². The zero-order chi connectivity index (χ0) is 13.5. The molecule has 5 heteroatoms. The van der Waals surface area contributed by atoms with Crippen LogP contribution in [0.4, 0.5) is 0 Å². The molecule has 2 aromatic rings. The lowest BCUT2D eigenvalue weighted by Gasteiger charge is -2.27. The van der Waals surface area contributed by atoms with E-state index in [-0.39, 0.29) is 5.54 Å². The predicted molar refractivity (Wildman–Crippen MR) is 75.1 cm³/mol. The summed E-state index contributed by atoms with van der Waals surface area (Å²) in [7, 11) is 0. The molecule has 2 heterocycles. The lowest BCUT2D eigenvalue weighted by molar-refractivity contribution is 0.338. The fourth-order valence-corrected chi connectivity index (χ4v) is 2.50. The van der Waals surface area contributed by atoms with Crippen molar-refractivity contribution in [1.82, 2.24) is 19.3 Å². The molecule has 0 radical (unpaired) electrons. The number of aryl methyl sites for hydroxylation is 2. The van der Waals surface area contributed by atoms with Gasteiger partial charge in [0.2, 0.25) is 0 Å². The molecule has 0 aliphatic heterocycles. The van der Waals surface area contributed by atoms with Crippen LogP contribution in [-0.4, -0.2) is 19.3 Å². The molecule has 0 spiro atoms. The van der Waals surface area contributed by atoms with E-state index in [1.807, 2.05) is 11.6 Å². The molecule has 0 atom stereocenters. The third-order valence-corrected chi connectivity index (χ3v) is 3.91. The van der Waals surface area contributed by atoms with Crippen molar-refractivity contribution in [3.8, 4) is 0 Å². The molecule has 18 heavy (non-hydrogen) atoms. The van der Waals surface area contributed by atoms with Crippen molar-refractivity contribution in [2.24, 2.45) is 0 Å². The summed E-state index contributed by atoms with van der Waals surface area (Å²) >= 11 is 6.06. The Labute approximate surface area is 113 Å². The molecule has 0 aliphatic rings. The average molecular weight is 269 g/mol. The number of nitrogens with zero attached hydrogens (tertiary/aromatic N) is 4. The summed E-state index contributed by atoms with van der Waals surface area (Å²) < 4.78 is 4.27. The maximum absolute atomic E-state index is 6.06. The van der Waals surface area contributed by atoms with Crippen LogP contribution in [0.25, 0.3) is 11.2 Å². The number of imidazole rings is 1. The van der Waals surface area contributed by atoms with E-state index in [4.69, 9.17) is 11.6 Å². The Kier molecular flexibility index (Phi) is 3.41. The van der Waals surface area contributed by atoms with Gasteiger partial charge in [-0.1, -0.05) is 6.92 Å². The smallest absolute Gasteiger partial charge is 0.159 e. The van der Waals surface area contributed by atoms with Crippen LogP contribution in [0.2, 0.25) is 0 Å². The van der Waals surface area contributed by atoms with Gasteiger partial charge in [-0.15, -0.1) is 11.6 Å². The van der Waals surface area contributed by atoms with Crippen molar-refractivity contribution in [3.63, 3.8) is 0 Å². The Morgan fingerprint density at radius 3 is 2.44 bits per heavy atom. The highest BCUT2D eigenvalue weighted by atomic mass is 35.5. The molecule has 0 saturated heterocycles. The van der Waals surface area contributed by atoms with Crippen molar-refractivity contribution in [2.75, 3.05) is 0 Å². The minimum Gasteiger partial charge on any atom is -0.306 e. The standard InChI is InChI=1S/C13H21ClN4/c1-6-13(4,5)18-10(8-14)15-11-9(3)16-17(7-2)12(11)18/h6-8H2,1-5H3. The highest BCUT2D eigenvalue weighted by molar-refractivity contribution is 6.16. The summed E-state index contributed by atoms with van der Waals surface area (Å²) in [4.78, 5) is 4.66. The van der Waals surface area contributed by atoms with Crippen molar-refractivity contribution >= 4 is 22.8 Å². The number of fused-ring (bicyclic) bond motifs is 1. The van der Waals surface area contributed by atoms with Crippen molar-refractivity contribution in [2.45, 2.75) is 59.0 Å². The van der Waals surface area contributed by atoms with Gasteiger partial charge in [-0.25, -0.2) is 9.67 Å². The molecule has 0 N–H and O–H groups in total. The molecule has 0 unspecified atom stereocenters. The third kappa shape index (κ3) is 1.83. The number of hydrogen-bond donors (Lipinski definition) is 0. The van der Waals surface area contributed by atoms with Crippen LogP contribution >= 0.6 is 11.6 Å². The zero-order valence-electron chi connectivity index (χ0n) is 11.8. The molecule has 100 valence electrons. The van der Waals surface area contributed by atoms with Gasteiger partial charge in [-0.2, -0.15) is 5.10 Å². The second kappa shape index (κ2) is 4.57. The fraction of sp³-hybridized carbons (Fsp3) is 0.692. The Hall–Kier alpha value is -1.03. The molecule has 0 aliphatic carbocycles. The Balaban J connectivity index is 2.83. The van der Waals surface area contributed by atoms with Crippen molar-refractivity contribution < 1.29 is 0 Å². The highest BCUT2D eigenvalue weighted by Crippen LogP contribution is 2.30. The minimum absolute atomic E-state index is 0.00162. The number of aromatic nitrogens is 4. The molecule has 2 aromatic heterocycles. The van der Waals surface area contributed by atoms with Crippen LogP contribution in [0.3, 0.4) is 0 Å². The molecule has 0 bridgehead atoms. The molecular weight excluding hydrogens is 248 g/mol. The SMILES string of the molecule is CCn1nc(C)c2nc(CCl)n(C(C)(C)CC)c21. The van der Waals surface area contributed by atoms with Gasteiger partial charge in [0.05, 0.1) is 11.6 Å². The van der Waals surface area contributed by atoms with Crippen LogP contribution in [0.1, 0.15) is 45.6 Å². The van der Waals surface area contributed by atoms with E-state index in [2.05, 4.69) is 42.3 Å². The van der Waals surface area contributed by atoms with E-state index in [1.165, 1.54) is 0 Å². The van der Waals surface area contributed by atoms with Gasteiger partial charge in [0.15, 0.2) is 5.65 Å². The van der Waals surface area contributed by atoms with Crippen LogP contribution in [0.15, 0.2) is 0 Å². The number of rotatable bonds is 4. The second-order valence-corrected chi connectivity index (χ2v) is 5.50. The summed E-state index contributed by atoms with van der Waals surface area (Å²) in [6.45, 7) is 11.6. The van der Waals surface area contributed by atoms with Gasteiger partial charge in [-0.05, 0) is 34.1 Å². The lowest BCUT2D eigenvalue weighted by atomic mass is 10.0. The van der Waals surface area contributed by atoms with Gasteiger partial charge in [0, 0.05) is 12.1 Å². The highest BCUT2D eigenvalue weighted by Gasteiger charge is 2.27. The number of halogens is 1. The first-order valence-electron chi connectivity index (χ1n) is 6.47. The van der Waals surface area contributed by atoms with Crippen LogP contribution in [0.5, 0.6) is 0 Å². The fourth-order valence-electron chi connectivity index (χ4n) is 2.32. The molecule has 2 rings (SSSR count). The van der Waals surface area contributed by atoms with Crippen LogP contribution in [0, 0.1) is 6.92 Å². The van der Waals surface area contributed by atoms with Gasteiger partial charge in [0.25, 0.3) is 0 Å². The number of alkyl halides is 1. The Bertz CT molecular complexity index is 565. The predicted octanol–water partition coefficient (Wildman–Crippen LogP) is 3.45. The topological polar surface area (TPSA) is 35.6 Å². The van der Waals surface area contributed by atoms with E-state index in [1.54, 1.807) is 0 Å². The van der Waals surface area contributed by atoms with Gasteiger partial charge < -0.3 is 4.57 Å². The third-order valence-electron chi connectivity index (χ3n) is 3.67. The maximum atomic E-state index is 6.06. The summed E-state index contributed by atoms with van der Waals surface area (Å²) in [5.74, 6) is 1.36. The van der Waals surface area contributed by atoms with Crippen molar-refractivity contribution in [3.05, 3.63) is 11.5 Å². The normalized spacial score (nSPS) is 12.6. The van der Waals surface area contributed by atoms with E-state index in [9.17, 15) is 0 Å². The second-order valence-electron chi connectivity index (χ2n) is 5.24. The van der Waals surface area contributed by atoms with Crippen molar-refractivity contribution in [1.29, 1.82) is 0 Å². The Morgan fingerprint density at radius 2 is 1.94 bits per heavy atom. The summed E-state index contributed by atoms with van der Waals surface area (Å²) in [6.07, 6.45) is 1.02. The monoisotopic (exact) mass is 268 g/mol. The lowest BCUT2D eigenvalue weighted by Crippen LogP contribution is -2.28. The number of hydrogen-bond acceptors (Lipinski definition) is 2. The minimum atomic E-state index is -0.00162. The Morgan fingerprint density at radius 1 is 1.28 bits per heavy atom. The summed E-state index contributed by atoms with van der Waals surface area (Å²) in [6, 6.07) is 0. The zero-order valence-corrected chi connectivity index (χ0v) is 12.5. The van der Waals surface area contributed by atoms with E-state index in [0.29, 0.717) is 5.88 Å². The van der Waals surface area contributed by atoms with E-state index in [0.717, 1.165) is 35.6 Å². The van der Waals surface area contributed by atoms with Gasteiger partial charge in [-0.3, -0.25) is 0 Å². The quantitative estimate of drug-likeness (QED) is 0.797. The van der Waals surface area contributed by atoms with Gasteiger partial charge >= 0.3 is 0 Å². The average Bonchev–Trinajstić information content (AvgIpc) is 2.87. The first kappa shape index (κ1) is 13.4. The maximum Gasteiger partial charge on any atom is 0.159 e. The first-order chi connectivity index (χ1) is 8.46. The summed E-state index contributed by atoms with van der Waals surface area (Å²) in [5.41, 5.74) is 3.05. The first-order valence-corrected chi connectivity index (χ1v) is 7.00. The van der Waals surface area contributed by atoms with E-state index < -0.39 is 0 Å². The molecule has 4 nitrogen and oxygen atoms in total. The van der Waals surface area contributed by atoms with E-state index >= 15 is 0 Å². The van der Waals surface area contributed by atoms with Gasteiger partial charge in [0.1, 0.15) is 11.3 Å². The summed E-state index contributed by atoms with van der Waals surface area (Å²) in [5, 5.41) is 4.54. The molecule has 0 saturated carbocycles. The molecule has 0 fully saturated rings. The molecule has 0 amide bonds. The largest absolute Gasteiger partial charge is 0.306 e.